The minimum atomic E-state index is -0.611. The van der Waals surface area contributed by atoms with Gasteiger partial charge in [-0.3, -0.25) is 4.79 Å². The van der Waals surface area contributed by atoms with Crippen LogP contribution in [0.4, 0.5) is 5.69 Å². The van der Waals surface area contributed by atoms with Crippen molar-refractivity contribution >= 4 is 35.2 Å². The number of methoxy groups -OCH3 is 1. The Hall–Kier alpha value is -2.79. The number of benzene rings is 2. The van der Waals surface area contributed by atoms with E-state index < -0.39 is 11.9 Å². The molecule has 0 aliphatic carbocycles. The van der Waals surface area contributed by atoms with Crippen LogP contribution in [0.2, 0.25) is 5.02 Å². The van der Waals surface area contributed by atoms with Crippen LogP contribution in [0.1, 0.15) is 5.56 Å². The van der Waals surface area contributed by atoms with Crippen molar-refractivity contribution in [1.29, 1.82) is 0 Å². The van der Waals surface area contributed by atoms with Gasteiger partial charge in [-0.05, 0) is 48.0 Å². The first-order valence-corrected chi connectivity index (χ1v) is 7.49. The van der Waals surface area contributed by atoms with Crippen LogP contribution >= 0.6 is 11.6 Å². The highest BCUT2D eigenvalue weighted by molar-refractivity contribution is 6.30. The zero-order valence-electron chi connectivity index (χ0n) is 13.0. The molecule has 0 fully saturated rings. The molecule has 2 rings (SSSR count). The molecule has 0 heterocycles. The van der Waals surface area contributed by atoms with Crippen molar-refractivity contribution in [1.82, 2.24) is 0 Å². The standard InChI is InChI=1S/C18H16ClNO4/c1-23-16-8-6-15(7-9-16)20-17(21)12-24-18(22)10-5-13-3-2-4-14(19)11-13/h2-11H,12H2,1H3,(H,20,21)/b10-5+. The summed E-state index contributed by atoms with van der Waals surface area (Å²) in [4.78, 5) is 23.3. The number of hydrogen-bond acceptors (Lipinski definition) is 4. The van der Waals surface area contributed by atoms with Gasteiger partial charge in [0.25, 0.3) is 5.91 Å². The van der Waals surface area contributed by atoms with Gasteiger partial charge >= 0.3 is 5.97 Å². The average molecular weight is 346 g/mol. The number of halogens is 1. The number of anilines is 1. The van der Waals surface area contributed by atoms with Gasteiger partial charge in [0.2, 0.25) is 0 Å². The molecular formula is C18H16ClNO4. The fourth-order valence-corrected chi connectivity index (χ4v) is 2.03. The first-order valence-electron chi connectivity index (χ1n) is 7.11. The van der Waals surface area contributed by atoms with Crippen LogP contribution in [0.25, 0.3) is 6.08 Å². The lowest BCUT2D eigenvalue weighted by atomic mass is 10.2. The molecule has 124 valence electrons. The Morgan fingerprint density at radius 3 is 2.58 bits per heavy atom. The molecule has 6 heteroatoms. The van der Waals surface area contributed by atoms with E-state index in [-0.39, 0.29) is 6.61 Å². The highest BCUT2D eigenvalue weighted by Crippen LogP contribution is 2.15. The van der Waals surface area contributed by atoms with Crippen molar-refractivity contribution < 1.29 is 19.1 Å². The lowest BCUT2D eigenvalue weighted by Gasteiger charge is -2.06. The average Bonchev–Trinajstić information content (AvgIpc) is 2.59. The van der Waals surface area contributed by atoms with E-state index in [4.69, 9.17) is 21.1 Å². The lowest BCUT2D eigenvalue weighted by molar-refractivity contribution is -0.142. The summed E-state index contributed by atoms with van der Waals surface area (Å²) >= 11 is 5.85. The number of esters is 1. The van der Waals surface area contributed by atoms with E-state index in [1.165, 1.54) is 6.08 Å². The van der Waals surface area contributed by atoms with Crippen molar-refractivity contribution in [3.63, 3.8) is 0 Å². The summed E-state index contributed by atoms with van der Waals surface area (Å²) in [6.45, 7) is -0.370. The first-order chi connectivity index (χ1) is 11.6. The number of ether oxygens (including phenoxy) is 2. The van der Waals surface area contributed by atoms with Crippen LogP contribution in [-0.4, -0.2) is 25.6 Å². The molecule has 0 saturated carbocycles. The molecule has 5 nitrogen and oxygen atoms in total. The van der Waals surface area contributed by atoms with Crippen LogP contribution in [0.5, 0.6) is 5.75 Å². The molecule has 0 radical (unpaired) electrons. The topological polar surface area (TPSA) is 64.6 Å². The molecule has 0 bridgehead atoms. The Morgan fingerprint density at radius 1 is 1.17 bits per heavy atom. The second kappa shape index (κ2) is 8.74. The molecule has 0 aliphatic heterocycles. The molecule has 0 spiro atoms. The number of hydrogen-bond donors (Lipinski definition) is 1. The maximum atomic E-state index is 11.7. The molecule has 1 N–H and O–H groups in total. The maximum absolute atomic E-state index is 11.7. The third-order valence-corrected chi connectivity index (χ3v) is 3.21. The number of rotatable bonds is 6. The van der Waals surface area contributed by atoms with Gasteiger partial charge in [-0.2, -0.15) is 0 Å². The highest BCUT2D eigenvalue weighted by atomic mass is 35.5. The minimum Gasteiger partial charge on any atom is -0.497 e. The molecule has 2 aromatic rings. The van der Waals surface area contributed by atoms with Gasteiger partial charge in [-0.15, -0.1) is 0 Å². The molecule has 0 unspecified atom stereocenters. The molecule has 24 heavy (non-hydrogen) atoms. The fourth-order valence-electron chi connectivity index (χ4n) is 1.83. The van der Waals surface area contributed by atoms with Gasteiger partial charge in [0.1, 0.15) is 5.75 Å². The van der Waals surface area contributed by atoms with Crippen molar-refractivity contribution in [2.75, 3.05) is 19.0 Å². The van der Waals surface area contributed by atoms with E-state index in [0.717, 1.165) is 5.56 Å². The van der Waals surface area contributed by atoms with E-state index in [9.17, 15) is 9.59 Å². The van der Waals surface area contributed by atoms with Crippen LogP contribution in [0, 0.1) is 0 Å². The van der Waals surface area contributed by atoms with Crippen molar-refractivity contribution in [3.05, 3.63) is 65.2 Å². The summed E-state index contributed by atoms with van der Waals surface area (Å²) in [7, 11) is 1.56. The zero-order valence-corrected chi connectivity index (χ0v) is 13.7. The largest absolute Gasteiger partial charge is 0.497 e. The summed E-state index contributed by atoms with van der Waals surface area (Å²) in [5.41, 5.74) is 1.36. The minimum absolute atomic E-state index is 0.370. The lowest BCUT2D eigenvalue weighted by Crippen LogP contribution is -2.20. The van der Waals surface area contributed by atoms with Gasteiger partial charge in [-0.1, -0.05) is 23.7 Å². The predicted octanol–water partition coefficient (Wildman–Crippen LogP) is 3.54. The summed E-state index contributed by atoms with van der Waals surface area (Å²) in [5.74, 6) is -0.352. The first kappa shape index (κ1) is 17.6. The molecule has 0 atom stereocenters. The Balaban J connectivity index is 1.79. The van der Waals surface area contributed by atoms with Crippen molar-refractivity contribution in [2.45, 2.75) is 0 Å². The normalized spacial score (nSPS) is 10.4. The Kier molecular flexibility index (Phi) is 6.40. The molecule has 0 saturated heterocycles. The third-order valence-electron chi connectivity index (χ3n) is 2.98. The fraction of sp³-hybridized carbons (Fsp3) is 0.111. The highest BCUT2D eigenvalue weighted by Gasteiger charge is 2.06. The molecule has 1 amide bonds. The maximum Gasteiger partial charge on any atom is 0.331 e. The number of carbonyl (C=O) groups excluding carboxylic acids is 2. The van der Waals surface area contributed by atoms with E-state index in [1.54, 1.807) is 61.7 Å². The SMILES string of the molecule is COc1ccc(NC(=O)COC(=O)/C=C/c2cccc(Cl)c2)cc1. The Labute approximate surface area is 144 Å². The van der Waals surface area contributed by atoms with Crippen LogP contribution in [-0.2, 0) is 14.3 Å². The third kappa shape index (κ3) is 5.78. The van der Waals surface area contributed by atoms with E-state index in [2.05, 4.69) is 5.32 Å². The Bertz CT molecular complexity index is 741. The summed E-state index contributed by atoms with van der Waals surface area (Å²) in [5, 5.41) is 3.19. The van der Waals surface area contributed by atoms with Crippen LogP contribution in [0.3, 0.4) is 0 Å². The second-order valence-corrected chi connectivity index (χ2v) is 5.21. The number of amides is 1. The van der Waals surface area contributed by atoms with E-state index in [1.807, 2.05) is 0 Å². The van der Waals surface area contributed by atoms with Gasteiger partial charge in [0, 0.05) is 16.8 Å². The van der Waals surface area contributed by atoms with Crippen LogP contribution in [0.15, 0.2) is 54.6 Å². The Morgan fingerprint density at radius 2 is 1.92 bits per heavy atom. The van der Waals surface area contributed by atoms with Gasteiger partial charge in [0.05, 0.1) is 7.11 Å². The number of nitrogens with one attached hydrogen (secondary N) is 1. The monoisotopic (exact) mass is 345 g/mol. The molecule has 2 aromatic carbocycles. The molecule has 0 aliphatic rings. The van der Waals surface area contributed by atoms with Gasteiger partial charge in [-0.25, -0.2) is 4.79 Å². The summed E-state index contributed by atoms with van der Waals surface area (Å²) in [6, 6.07) is 13.8. The van der Waals surface area contributed by atoms with Crippen LogP contribution < -0.4 is 10.1 Å². The second-order valence-electron chi connectivity index (χ2n) is 4.77. The van der Waals surface area contributed by atoms with Gasteiger partial charge in [0.15, 0.2) is 6.61 Å². The van der Waals surface area contributed by atoms with Crippen molar-refractivity contribution in [3.8, 4) is 5.75 Å². The summed E-state index contributed by atoms with van der Waals surface area (Å²) < 4.78 is 9.90. The summed E-state index contributed by atoms with van der Waals surface area (Å²) in [6.07, 6.45) is 2.81. The van der Waals surface area contributed by atoms with E-state index >= 15 is 0 Å². The quantitative estimate of drug-likeness (QED) is 0.642. The van der Waals surface area contributed by atoms with Crippen molar-refractivity contribution in [2.24, 2.45) is 0 Å². The molecular weight excluding hydrogens is 330 g/mol. The number of carbonyl (C=O) groups is 2. The predicted molar refractivity (Wildman–Crippen MR) is 93.1 cm³/mol. The molecule has 0 aromatic heterocycles. The van der Waals surface area contributed by atoms with E-state index in [0.29, 0.717) is 16.5 Å². The zero-order chi connectivity index (χ0) is 17.4. The van der Waals surface area contributed by atoms with Gasteiger partial charge < -0.3 is 14.8 Å². The smallest absolute Gasteiger partial charge is 0.331 e.